The Labute approximate surface area is 181 Å². The summed E-state index contributed by atoms with van der Waals surface area (Å²) in [6, 6.07) is 9.05. The molecule has 2 aromatic rings. The summed E-state index contributed by atoms with van der Waals surface area (Å²) in [7, 11) is -0.641. The molecule has 0 aliphatic rings. The zero-order chi connectivity index (χ0) is 22.1. The van der Waals surface area contributed by atoms with Crippen molar-refractivity contribution in [2.45, 2.75) is 24.7 Å². The van der Waals surface area contributed by atoms with Gasteiger partial charge in [-0.15, -0.1) is 0 Å². The maximum Gasteiger partial charge on any atom is 0.262 e. The van der Waals surface area contributed by atoms with Crippen LogP contribution in [0.5, 0.6) is 17.2 Å². The number of benzene rings is 2. The zero-order valence-electron chi connectivity index (χ0n) is 17.0. The van der Waals surface area contributed by atoms with Gasteiger partial charge in [-0.2, -0.15) is 0 Å². The molecule has 0 radical (unpaired) electrons. The number of hydrogen-bond acceptors (Lipinski definition) is 6. The molecule has 1 amide bonds. The van der Waals surface area contributed by atoms with Crippen LogP contribution in [0, 0.1) is 0 Å². The number of rotatable bonds is 11. The lowest BCUT2D eigenvalue weighted by Crippen LogP contribution is -2.24. The molecule has 2 aromatic carbocycles. The molecule has 8 nitrogen and oxygen atoms in total. The SMILES string of the molecule is CCCCNS(=O)(=O)c1ccc(OCC(=O)Nc2ccc(OC)cc2OC)c(Cl)c1. The van der Waals surface area contributed by atoms with Gasteiger partial charge in [0.15, 0.2) is 6.61 Å². The van der Waals surface area contributed by atoms with Gasteiger partial charge in [-0.3, -0.25) is 4.79 Å². The number of halogens is 1. The summed E-state index contributed by atoms with van der Waals surface area (Å²) in [4.78, 5) is 12.3. The number of hydrogen-bond donors (Lipinski definition) is 2. The Morgan fingerprint density at radius 2 is 1.83 bits per heavy atom. The number of anilines is 1. The first-order valence-electron chi connectivity index (χ1n) is 9.24. The molecule has 30 heavy (non-hydrogen) atoms. The Balaban J connectivity index is 2.00. The number of sulfonamides is 1. The van der Waals surface area contributed by atoms with E-state index in [1.807, 2.05) is 6.92 Å². The highest BCUT2D eigenvalue weighted by Crippen LogP contribution is 2.30. The summed E-state index contributed by atoms with van der Waals surface area (Å²) in [6.45, 7) is 2.00. The van der Waals surface area contributed by atoms with E-state index in [4.69, 9.17) is 25.8 Å². The standard InChI is InChI=1S/C20H25ClN2O6S/c1-4-5-10-22-30(25,26)15-7-9-18(16(21)12-15)29-13-20(24)23-17-8-6-14(27-2)11-19(17)28-3/h6-9,11-12,22H,4-5,10,13H2,1-3H3,(H,23,24). The number of amides is 1. The maximum atomic E-state index is 12.3. The zero-order valence-corrected chi connectivity index (χ0v) is 18.6. The number of nitrogens with one attached hydrogen (secondary N) is 2. The first kappa shape index (κ1) is 23.8. The van der Waals surface area contributed by atoms with E-state index in [9.17, 15) is 13.2 Å². The second-order valence-corrected chi connectivity index (χ2v) is 8.42. The molecule has 10 heteroatoms. The summed E-state index contributed by atoms with van der Waals surface area (Å²) in [5, 5.41) is 2.76. The Hall–Kier alpha value is -2.49. The summed E-state index contributed by atoms with van der Waals surface area (Å²) >= 11 is 6.14. The number of methoxy groups -OCH3 is 2. The van der Waals surface area contributed by atoms with Crippen LogP contribution in [0.2, 0.25) is 5.02 Å². The molecule has 2 N–H and O–H groups in total. The molecule has 0 aliphatic carbocycles. The van der Waals surface area contributed by atoms with E-state index in [-0.39, 0.29) is 22.3 Å². The molecule has 2 rings (SSSR count). The van der Waals surface area contributed by atoms with Crippen molar-refractivity contribution in [1.29, 1.82) is 0 Å². The Bertz CT molecular complexity index is 981. The van der Waals surface area contributed by atoms with Crippen LogP contribution in [0.1, 0.15) is 19.8 Å². The fraction of sp³-hybridized carbons (Fsp3) is 0.350. The van der Waals surface area contributed by atoms with Crippen molar-refractivity contribution in [3.05, 3.63) is 41.4 Å². The molecule has 0 saturated carbocycles. The van der Waals surface area contributed by atoms with Crippen LogP contribution < -0.4 is 24.2 Å². The van der Waals surface area contributed by atoms with Gasteiger partial charge < -0.3 is 19.5 Å². The minimum absolute atomic E-state index is 0.0309. The first-order chi connectivity index (χ1) is 14.3. The van der Waals surface area contributed by atoms with Crippen molar-refractivity contribution >= 4 is 33.2 Å². The topological polar surface area (TPSA) is 103 Å². The average Bonchev–Trinajstić information content (AvgIpc) is 2.73. The van der Waals surface area contributed by atoms with E-state index in [1.54, 1.807) is 18.2 Å². The average molecular weight is 457 g/mol. The minimum Gasteiger partial charge on any atom is -0.497 e. The third-order valence-electron chi connectivity index (χ3n) is 4.08. The molecular formula is C20H25ClN2O6S. The quantitative estimate of drug-likeness (QED) is 0.502. The fourth-order valence-electron chi connectivity index (χ4n) is 2.46. The Kier molecular flexibility index (Phi) is 8.76. The number of carbonyl (C=O) groups is 1. The molecule has 0 bridgehead atoms. The van der Waals surface area contributed by atoms with Gasteiger partial charge in [0, 0.05) is 12.6 Å². The lowest BCUT2D eigenvalue weighted by Gasteiger charge is -2.13. The third-order valence-corrected chi connectivity index (χ3v) is 5.83. The fourth-order valence-corrected chi connectivity index (χ4v) is 3.86. The normalized spacial score (nSPS) is 11.1. The predicted molar refractivity (Wildman–Crippen MR) is 115 cm³/mol. The molecule has 0 fully saturated rings. The van der Waals surface area contributed by atoms with Gasteiger partial charge in [-0.25, -0.2) is 13.1 Å². The minimum atomic E-state index is -3.65. The lowest BCUT2D eigenvalue weighted by molar-refractivity contribution is -0.118. The van der Waals surface area contributed by atoms with E-state index in [1.165, 1.54) is 32.4 Å². The molecular weight excluding hydrogens is 432 g/mol. The van der Waals surface area contributed by atoms with E-state index >= 15 is 0 Å². The Morgan fingerprint density at radius 3 is 2.47 bits per heavy atom. The van der Waals surface area contributed by atoms with E-state index in [0.717, 1.165) is 12.8 Å². The van der Waals surface area contributed by atoms with Gasteiger partial charge in [0.2, 0.25) is 10.0 Å². The highest BCUT2D eigenvalue weighted by molar-refractivity contribution is 7.89. The van der Waals surface area contributed by atoms with Crippen molar-refractivity contribution in [3.63, 3.8) is 0 Å². The molecule has 164 valence electrons. The van der Waals surface area contributed by atoms with Crippen LogP contribution in [0.25, 0.3) is 0 Å². The van der Waals surface area contributed by atoms with Crippen LogP contribution >= 0.6 is 11.6 Å². The van der Waals surface area contributed by atoms with E-state index in [2.05, 4.69) is 10.0 Å². The molecule has 0 saturated heterocycles. The molecule has 0 atom stereocenters. The van der Waals surface area contributed by atoms with Crippen LogP contribution in [0.3, 0.4) is 0 Å². The van der Waals surface area contributed by atoms with Crippen molar-refractivity contribution in [1.82, 2.24) is 4.72 Å². The summed E-state index contributed by atoms with van der Waals surface area (Å²) in [6.07, 6.45) is 1.61. The number of ether oxygens (including phenoxy) is 3. The van der Waals surface area contributed by atoms with Crippen LogP contribution in [0.15, 0.2) is 41.3 Å². The monoisotopic (exact) mass is 456 g/mol. The van der Waals surface area contributed by atoms with Gasteiger partial charge in [-0.05, 0) is 36.8 Å². The third kappa shape index (κ3) is 6.51. The number of carbonyl (C=O) groups excluding carboxylic acids is 1. The van der Waals surface area contributed by atoms with Gasteiger partial charge >= 0.3 is 0 Å². The van der Waals surface area contributed by atoms with Crippen molar-refractivity contribution in [3.8, 4) is 17.2 Å². The second kappa shape index (κ2) is 11.1. The first-order valence-corrected chi connectivity index (χ1v) is 11.1. The van der Waals surface area contributed by atoms with E-state index in [0.29, 0.717) is 23.7 Å². The molecule has 0 spiro atoms. The Morgan fingerprint density at radius 1 is 1.07 bits per heavy atom. The maximum absolute atomic E-state index is 12.3. The predicted octanol–water partition coefficient (Wildman–Crippen LogP) is 3.45. The molecule has 0 unspecified atom stereocenters. The van der Waals surface area contributed by atoms with Crippen LogP contribution in [-0.2, 0) is 14.8 Å². The highest BCUT2D eigenvalue weighted by atomic mass is 35.5. The second-order valence-electron chi connectivity index (χ2n) is 6.25. The summed E-state index contributed by atoms with van der Waals surface area (Å²) < 4.78 is 42.8. The van der Waals surface area contributed by atoms with Crippen LogP contribution in [0.4, 0.5) is 5.69 Å². The summed E-state index contributed by atoms with van der Waals surface area (Å²) in [5.41, 5.74) is 0.456. The highest BCUT2D eigenvalue weighted by Gasteiger charge is 2.16. The molecule has 0 aromatic heterocycles. The number of unbranched alkanes of at least 4 members (excludes halogenated alkanes) is 1. The van der Waals surface area contributed by atoms with Gasteiger partial charge in [0.05, 0.1) is 29.8 Å². The van der Waals surface area contributed by atoms with Crippen LogP contribution in [-0.4, -0.2) is 41.7 Å². The van der Waals surface area contributed by atoms with Crippen molar-refractivity contribution in [2.75, 3.05) is 32.7 Å². The van der Waals surface area contributed by atoms with E-state index < -0.39 is 15.9 Å². The van der Waals surface area contributed by atoms with Crippen molar-refractivity contribution in [2.24, 2.45) is 0 Å². The van der Waals surface area contributed by atoms with Gasteiger partial charge in [-0.1, -0.05) is 24.9 Å². The molecule has 0 heterocycles. The lowest BCUT2D eigenvalue weighted by atomic mass is 10.2. The van der Waals surface area contributed by atoms with Gasteiger partial charge in [0.1, 0.15) is 17.2 Å². The van der Waals surface area contributed by atoms with Crippen molar-refractivity contribution < 1.29 is 27.4 Å². The van der Waals surface area contributed by atoms with Gasteiger partial charge in [0.25, 0.3) is 5.91 Å². The summed E-state index contributed by atoms with van der Waals surface area (Å²) in [5.74, 6) is 0.784. The largest absolute Gasteiger partial charge is 0.497 e. The molecule has 0 aliphatic heterocycles. The smallest absolute Gasteiger partial charge is 0.262 e.